The summed E-state index contributed by atoms with van der Waals surface area (Å²) in [7, 11) is 0. The lowest BCUT2D eigenvalue weighted by Crippen LogP contribution is -2.48. The molecule has 0 heterocycles. The highest BCUT2D eigenvalue weighted by Crippen LogP contribution is 2.62. The minimum Gasteiger partial charge on any atom is -0.0654 e. The molecule has 0 saturated heterocycles. The van der Waals surface area contributed by atoms with E-state index < -0.39 is 0 Å². The molecule has 0 aromatic heterocycles. The van der Waals surface area contributed by atoms with Crippen LogP contribution in [-0.2, 0) is 0 Å². The molecule has 0 aromatic carbocycles. The largest absolute Gasteiger partial charge is 0.0654 e. The van der Waals surface area contributed by atoms with E-state index in [1.165, 1.54) is 514 Å². The van der Waals surface area contributed by atoms with Crippen LogP contribution in [0.2, 0.25) is 0 Å². The zero-order chi connectivity index (χ0) is 70.8. The van der Waals surface area contributed by atoms with Crippen molar-refractivity contribution in [2.45, 2.75) is 613 Å². The number of hydrogen-bond donors (Lipinski definition) is 0. The summed E-state index contributed by atoms with van der Waals surface area (Å²) in [6, 6.07) is 0. The van der Waals surface area contributed by atoms with E-state index >= 15 is 0 Å². The van der Waals surface area contributed by atoms with Crippen molar-refractivity contribution in [3.63, 3.8) is 0 Å². The Morgan fingerprint density at radius 3 is 0.378 bits per heavy atom. The molecule has 0 rings (SSSR count). The Bertz CT molecular complexity index is 1380. The van der Waals surface area contributed by atoms with Gasteiger partial charge in [0.15, 0.2) is 0 Å². The molecule has 0 radical (unpaired) electrons. The van der Waals surface area contributed by atoms with E-state index in [4.69, 9.17) is 0 Å². The minimum atomic E-state index is 0.510. The van der Waals surface area contributed by atoms with E-state index in [2.05, 4.69) is 48.5 Å². The fraction of sp³-hybridized carbons (Fsp3) is 1.00. The Balaban J connectivity index is 7.67. The van der Waals surface area contributed by atoms with E-state index in [9.17, 15) is 0 Å². The van der Waals surface area contributed by atoms with Gasteiger partial charge in [0.25, 0.3) is 0 Å². The van der Waals surface area contributed by atoms with Crippen molar-refractivity contribution in [3.05, 3.63) is 0 Å². The number of hydrogen-bond acceptors (Lipinski definition) is 0. The highest BCUT2D eigenvalue weighted by Gasteiger charge is 2.52. The summed E-state index contributed by atoms with van der Waals surface area (Å²) in [4.78, 5) is 0. The summed E-state index contributed by atoms with van der Waals surface area (Å²) in [5.74, 6) is 0.933. The molecule has 0 N–H and O–H groups in total. The van der Waals surface area contributed by atoms with Gasteiger partial charge in [-0.3, -0.25) is 0 Å². The van der Waals surface area contributed by atoms with E-state index in [0.29, 0.717) is 10.8 Å². The molecule has 0 aliphatic heterocycles. The highest BCUT2D eigenvalue weighted by atomic mass is 14.6. The third kappa shape index (κ3) is 65.5. The average Bonchev–Trinajstić information content (AvgIpc) is 0.752. The van der Waals surface area contributed by atoms with Crippen LogP contribution in [0.25, 0.3) is 0 Å². The second-order valence-corrected chi connectivity index (χ2v) is 34.6. The Hall–Kier alpha value is 0. The maximum absolute atomic E-state index is 2.40. The molecule has 3 atom stereocenters. The Labute approximate surface area is 626 Å². The third-order valence-corrected chi connectivity index (χ3v) is 25.4. The average molecular weight is 1380 g/mol. The molecule has 98 heavy (non-hydrogen) atoms. The second kappa shape index (κ2) is 84.3. The molecule has 0 saturated carbocycles. The third-order valence-electron chi connectivity index (χ3n) is 25.4. The summed E-state index contributed by atoms with van der Waals surface area (Å²) < 4.78 is 0. The van der Waals surface area contributed by atoms with Crippen LogP contribution in [0.15, 0.2) is 0 Å². The van der Waals surface area contributed by atoms with Gasteiger partial charge in [-0.05, 0) is 61.7 Å². The minimum absolute atomic E-state index is 0.510. The molecule has 0 fully saturated rings. The smallest absolute Gasteiger partial charge is 0.0213 e. The molecular weight excluding hydrogens is 1180 g/mol. The Morgan fingerprint density at radius 1 is 0.122 bits per heavy atom. The molecule has 0 amide bonds. The van der Waals surface area contributed by atoms with Crippen molar-refractivity contribution in [2.75, 3.05) is 0 Å². The van der Waals surface area contributed by atoms with Crippen LogP contribution in [-0.4, -0.2) is 0 Å². The molecule has 0 aliphatic carbocycles. The fourth-order valence-electron chi connectivity index (χ4n) is 18.7. The first kappa shape index (κ1) is 98.0. The van der Waals surface area contributed by atoms with Gasteiger partial charge in [0.1, 0.15) is 0 Å². The molecule has 0 bridgehead atoms. The lowest BCUT2D eigenvalue weighted by molar-refractivity contribution is -0.0763. The van der Waals surface area contributed by atoms with Crippen molar-refractivity contribution in [1.82, 2.24) is 0 Å². The van der Waals surface area contributed by atoms with Crippen molar-refractivity contribution in [1.29, 1.82) is 0 Å². The van der Waals surface area contributed by atoms with E-state index in [1.807, 2.05) is 0 Å². The second-order valence-electron chi connectivity index (χ2n) is 34.6. The first-order chi connectivity index (χ1) is 48.6. The van der Waals surface area contributed by atoms with Crippen LogP contribution in [0.5, 0.6) is 0 Å². The summed E-state index contributed by atoms with van der Waals surface area (Å²) >= 11 is 0. The molecule has 0 aliphatic rings. The van der Waals surface area contributed by atoms with Gasteiger partial charge in [0.2, 0.25) is 0 Å². The molecular formula is C98H198. The van der Waals surface area contributed by atoms with Gasteiger partial charge in [-0.1, -0.05) is 569 Å². The zero-order valence-electron chi connectivity index (χ0n) is 70.8. The van der Waals surface area contributed by atoms with Gasteiger partial charge in [-0.2, -0.15) is 0 Å². The molecule has 0 heteroatoms. The van der Waals surface area contributed by atoms with Crippen molar-refractivity contribution < 1.29 is 0 Å². The zero-order valence-corrected chi connectivity index (χ0v) is 70.8. The van der Waals surface area contributed by atoms with Crippen LogP contribution < -0.4 is 0 Å². The predicted octanol–water partition coefficient (Wildman–Crippen LogP) is 38.0. The van der Waals surface area contributed by atoms with Crippen LogP contribution >= 0.6 is 0 Å². The first-order valence-electron chi connectivity index (χ1n) is 48.6. The molecule has 3 unspecified atom stereocenters. The highest BCUT2D eigenvalue weighted by molar-refractivity contribution is 5.02. The van der Waals surface area contributed by atoms with Gasteiger partial charge >= 0.3 is 0 Å². The molecule has 0 aromatic rings. The maximum Gasteiger partial charge on any atom is -0.0213 e. The predicted molar refractivity (Wildman–Crippen MR) is 454 cm³/mol. The maximum atomic E-state index is 2.40. The van der Waals surface area contributed by atoms with Gasteiger partial charge < -0.3 is 0 Å². The molecule has 0 nitrogen and oxygen atoms in total. The van der Waals surface area contributed by atoms with Gasteiger partial charge in [0, 0.05) is 0 Å². The Morgan fingerprint density at radius 2 is 0.235 bits per heavy atom. The van der Waals surface area contributed by atoms with Crippen LogP contribution in [0.3, 0.4) is 0 Å². The first-order valence-corrected chi connectivity index (χ1v) is 48.6. The van der Waals surface area contributed by atoms with E-state index in [-0.39, 0.29) is 0 Å². The van der Waals surface area contributed by atoms with Crippen LogP contribution in [0, 0.1) is 16.7 Å². The van der Waals surface area contributed by atoms with Gasteiger partial charge in [0.05, 0.1) is 0 Å². The Kier molecular flexibility index (Phi) is 84.3. The van der Waals surface area contributed by atoms with E-state index in [0.717, 1.165) is 5.92 Å². The quantitative estimate of drug-likeness (QED) is 0.0533. The monoisotopic (exact) mass is 1380 g/mol. The topological polar surface area (TPSA) is 0 Å². The van der Waals surface area contributed by atoms with E-state index in [1.54, 1.807) is 51.4 Å². The summed E-state index contributed by atoms with van der Waals surface area (Å²) in [6.07, 6.45) is 131. The van der Waals surface area contributed by atoms with Gasteiger partial charge in [-0.25, -0.2) is 0 Å². The van der Waals surface area contributed by atoms with Crippen LogP contribution in [0.1, 0.15) is 613 Å². The molecule has 590 valence electrons. The molecule has 0 spiro atoms. The number of rotatable bonds is 90. The summed E-state index contributed by atoms with van der Waals surface area (Å²) in [5.41, 5.74) is 1.02. The van der Waals surface area contributed by atoms with Crippen molar-refractivity contribution in [2.24, 2.45) is 16.7 Å². The van der Waals surface area contributed by atoms with Crippen LogP contribution in [0.4, 0.5) is 0 Å². The van der Waals surface area contributed by atoms with Gasteiger partial charge in [-0.15, -0.1) is 0 Å². The summed E-state index contributed by atoms with van der Waals surface area (Å²) in [6.45, 7) is 16.7. The van der Waals surface area contributed by atoms with Crippen molar-refractivity contribution in [3.8, 4) is 0 Å². The van der Waals surface area contributed by atoms with Crippen molar-refractivity contribution >= 4 is 0 Å². The lowest BCUT2D eigenvalue weighted by Gasteiger charge is -2.57. The number of unbranched alkanes of at least 4 members (excludes halogenated alkanes) is 74. The standard InChI is InChI=1S/C98H198/c1-8-15-22-29-36-43-49-53-55-60-65-72-79-86-93-97(91-84-77-70-63-58-52-46-39-32-25-18-11-4,92-85-78-71-64-59-54-50-44-37-30-23-16-9-2)98(94-87-80-73-66-48-41-34-27-20-13-6,95-88-81-74-67-57-47-40-33-26-19-12-5)96(89-82-75-68-61-42-35-28-21-14-7)90-83-76-69-62-56-51-45-38-31-24-17-10-3/h96H,8-95H2,1-7H3. The normalized spacial score (nSPS) is 13.5. The fourth-order valence-corrected chi connectivity index (χ4v) is 18.7. The SMILES string of the molecule is CCCCCCCCCCCCCCCCC(CCCCCCCCCCCCCC)(CCCCCCCCCCCCCCC)C(CCCCCCCCCCCC)(CCCCCCCCCCCCC)C(CCCCCCCCCCC)CCCCCCCCCCCCCC. The summed E-state index contributed by atoms with van der Waals surface area (Å²) in [5, 5.41) is 0. The lowest BCUT2D eigenvalue weighted by atomic mass is 9.47.